The zero-order valence-electron chi connectivity index (χ0n) is 11.7. The number of carboxylic acid groups (broad SMARTS) is 1. The van der Waals surface area contributed by atoms with Gasteiger partial charge < -0.3 is 10.0 Å². The second kappa shape index (κ2) is 6.92. The van der Waals surface area contributed by atoms with Gasteiger partial charge in [0.1, 0.15) is 0 Å². The fourth-order valence-electron chi connectivity index (χ4n) is 1.91. The van der Waals surface area contributed by atoms with Crippen molar-refractivity contribution in [1.82, 2.24) is 4.90 Å². The third kappa shape index (κ3) is 5.12. The van der Waals surface area contributed by atoms with Gasteiger partial charge in [0.15, 0.2) is 0 Å². The van der Waals surface area contributed by atoms with Gasteiger partial charge in [-0.3, -0.25) is 9.59 Å². The zero-order chi connectivity index (χ0) is 14.4. The monoisotopic (exact) mass is 263 g/mol. The molecule has 0 spiro atoms. The molecule has 4 nitrogen and oxygen atoms in total. The second-order valence-electron chi connectivity index (χ2n) is 4.99. The van der Waals surface area contributed by atoms with Crippen LogP contribution in [0, 0.1) is 12.8 Å². The third-order valence-corrected chi connectivity index (χ3v) is 3.12. The van der Waals surface area contributed by atoms with Crippen molar-refractivity contribution in [3.63, 3.8) is 0 Å². The standard InChI is InChI=1S/C15H21NO3/c1-11-4-6-13(7-5-11)10-12(2)15(19)16(3)9-8-14(17)18/h4-7,12H,8-10H2,1-3H3,(H,17,18). The highest BCUT2D eigenvalue weighted by Gasteiger charge is 2.18. The Morgan fingerprint density at radius 2 is 1.84 bits per heavy atom. The van der Waals surface area contributed by atoms with E-state index in [9.17, 15) is 9.59 Å². The van der Waals surface area contributed by atoms with Crippen molar-refractivity contribution in [3.8, 4) is 0 Å². The van der Waals surface area contributed by atoms with Crippen molar-refractivity contribution in [3.05, 3.63) is 35.4 Å². The maximum absolute atomic E-state index is 12.1. The largest absolute Gasteiger partial charge is 0.481 e. The van der Waals surface area contributed by atoms with Gasteiger partial charge in [-0.1, -0.05) is 36.8 Å². The molecule has 0 radical (unpaired) electrons. The number of hydrogen-bond donors (Lipinski definition) is 1. The Bertz CT molecular complexity index is 439. The maximum Gasteiger partial charge on any atom is 0.305 e. The van der Waals surface area contributed by atoms with E-state index in [0.717, 1.165) is 5.56 Å². The molecule has 0 aliphatic rings. The predicted octanol–water partition coefficient (Wildman–Crippen LogP) is 2.11. The number of hydrogen-bond acceptors (Lipinski definition) is 2. The van der Waals surface area contributed by atoms with Gasteiger partial charge in [-0.15, -0.1) is 0 Å². The van der Waals surface area contributed by atoms with Crippen molar-refractivity contribution in [2.45, 2.75) is 26.7 Å². The van der Waals surface area contributed by atoms with E-state index in [2.05, 4.69) is 0 Å². The lowest BCUT2D eigenvalue weighted by molar-refractivity contribution is -0.139. The number of nitrogens with zero attached hydrogens (tertiary/aromatic N) is 1. The number of aryl methyl sites for hydroxylation is 1. The molecule has 1 aromatic rings. The molecule has 1 amide bonds. The van der Waals surface area contributed by atoms with Crippen LogP contribution >= 0.6 is 0 Å². The highest BCUT2D eigenvalue weighted by atomic mass is 16.4. The summed E-state index contributed by atoms with van der Waals surface area (Å²) in [7, 11) is 1.65. The Morgan fingerprint density at radius 3 is 2.37 bits per heavy atom. The molecule has 0 saturated heterocycles. The average Bonchev–Trinajstić information content (AvgIpc) is 2.37. The van der Waals surface area contributed by atoms with Crippen LogP contribution in [0.5, 0.6) is 0 Å². The lowest BCUT2D eigenvalue weighted by atomic mass is 9.99. The molecule has 1 rings (SSSR count). The smallest absolute Gasteiger partial charge is 0.305 e. The molecule has 1 unspecified atom stereocenters. The lowest BCUT2D eigenvalue weighted by Crippen LogP contribution is -2.34. The Morgan fingerprint density at radius 1 is 1.26 bits per heavy atom. The van der Waals surface area contributed by atoms with Crippen LogP contribution in [0.15, 0.2) is 24.3 Å². The summed E-state index contributed by atoms with van der Waals surface area (Å²) in [5.41, 5.74) is 2.32. The van der Waals surface area contributed by atoms with E-state index in [4.69, 9.17) is 5.11 Å². The third-order valence-electron chi connectivity index (χ3n) is 3.12. The topological polar surface area (TPSA) is 57.6 Å². The van der Waals surface area contributed by atoms with E-state index in [1.165, 1.54) is 10.5 Å². The summed E-state index contributed by atoms with van der Waals surface area (Å²) >= 11 is 0. The van der Waals surface area contributed by atoms with Crippen LogP contribution in [0.2, 0.25) is 0 Å². The van der Waals surface area contributed by atoms with Crippen molar-refractivity contribution >= 4 is 11.9 Å². The first-order valence-corrected chi connectivity index (χ1v) is 6.42. The van der Waals surface area contributed by atoms with Gasteiger partial charge in [-0.05, 0) is 18.9 Å². The van der Waals surface area contributed by atoms with Gasteiger partial charge in [0.2, 0.25) is 5.91 Å². The Balaban J connectivity index is 2.52. The Kier molecular flexibility index (Phi) is 5.55. The molecule has 19 heavy (non-hydrogen) atoms. The lowest BCUT2D eigenvalue weighted by Gasteiger charge is -2.20. The minimum atomic E-state index is -0.883. The highest BCUT2D eigenvalue weighted by Crippen LogP contribution is 2.12. The molecule has 0 aliphatic carbocycles. The van der Waals surface area contributed by atoms with Crippen molar-refractivity contribution < 1.29 is 14.7 Å². The molecule has 1 N–H and O–H groups in total. The molecule has 1 atom stereocenters. The van der Waals surface area contributed by atoms with Gasteiger partial charge >= 0.3 is 5.97 Å². The van der Waals surface area contributed by atoms with E-state index in [0.29, 0.717) is 6.42 Å². The molecule has 104 valence electrons. The van der Waals surface area contributed by atoms with Gasteiger partial charge in [0, 0.05) is 19.5 Å². The molecule has 0 aliphatic heterocycles. The number of carboxylic acids is 1. The fourth-order valence-corrected chi connectivity index (χ4v) is 1.91. The van der Waals surface area contributed by atoms with Crippen LogP contribution < -0.4 is 0 Å². The molecule has 0 saturated carbocycles. The van der Waals surface area contributed by atoms with Crippen LogP contribution in [0.3, 0.4) is 0 Å². The summed E-state index contributed by atoms with van der Waals surface area (Å²) in [5.74, 6) is -1.03. The van der Waals surface area contributed by atoms with Gasteiger partial charge in [0.05, 0.1) is 6.42 Å². The summed E-state index contributed by atoms with van der Waals surface area (Å²) in [6, 6.07) is 8.11. The molecule has 0 bridgehead atoms. The molecular formula is C15H21NO3. The summed E-state index contributed by atoms with van der Waals surface area (Å²) < 4.78 is 0. The number of carbonyl (C=O) groups is 2. The van der Waals surface area contributed by atoms with E-state index < -0.39 is 5.97 Å². The Labute approximate surface area is 114 Å². The first-order valence-electron chi connectivity index (χ1n) is 6.42. The summed E-state index contributed by atoms with van der Waals surface area (Å²) in [6.45, 7) is 4.16. The quantitative estimate of drug-likeness (QED) is 0.855. The zero-order valence-corrected chi connectivity index (χ0v) is 11.7. The highest BCUT2D eigenvalue weighted by molar-refractivity contribution is 5.79. The van der Waals surface area contributed by atoms with E-state index in [1.807, 2.05) is 38.1 Å². The summed E-state index contributed by atoms with van der Waals surface area (Å²) in [5, 5.41) is 8.61. The first-order chi connectivity index (χ1) is 8.90. The molecular weight excluding hydrogens is 242 g/mol. The number of rotatable bonds is 6. The number of aliphatic carboxylic acids is 1. The minimum absolute atomic E-state index is 0.0122. The predicted molar refractivity (Wildman–Crippen MR) is 73.9 cm³/mol. The molecule has 1 aromatic carbocycles. The molecule has 4 heteroatoms. The van der Waals surface area contributed by atoms with Crippen molar-refractivity contribution in [1.29, 1.82) is 0 Å². The number of benzene rings is 1. The van der Waals surface area contributed by atoms with Crippen LogP contribution in [0.1, 0.15) is 24.5 Å². The van der Waals surface area contributed by atoms with E-state index in [-0.39, 0.29) is 24.8 Å². The van der Waals surface area contributed by atoms with E-state index in [1.54, 1.807) is 7.05 Å². The molecule has 0 aromatic heterocycles. The second-order valence-corrected chi connectivity index (χ2v) is 4.99. The fraction of sp³-hybridized carbons (Fsp3) is 0.467. The normalized spacial score (nSPS) is 11.9. The maximum atomic E-state index is 12.1. The average molecular weight is 263 g/mol. The number of amides is 1. The van der Waals surface area contributed by atoms with Crippen molar-refractivity contribution in [2.75, 3.05) is 13.6 Å². The Hall–Kier alpha value is -1.84. The van der Waals surface area contributed by atoms with Gasteiger partial charge in [-0.2, -0.15) is 0 Å². The van der Waals surface area contributed by atoms with Gasteiger partial charge in [0.25, 0.3) is 0 Å². The van der Waals surface area contributed by atoms with Crippen LogP contribution in [0.25, 0.3) is 0 Å². The van der Waals surface area contributed by atoms with E-state index >= 15 is 0 Å². The van der Waals surface area contributed by atoms with Crippen LogP contribution in [0.4, 0.5) is 0 Å². The van der Waals surface area contributed by atoms with Crippen LogP contribution in [-0.2, 0) is 16.0 Å². The van der Waals surface area contributed by atoms with Crippen molar-refractivity contribution in [2.24, 2.45) is 5.92 Å². The molecule has 0 heterocycles. The minimum Gasteiger partial charge on any atom is -0.481 e. The number of carbonyl (C=O) groups excluding carboxylic acids is 1. The molecule has 0 fully saturated rings. The summed E-state index contributed by atoms with van der Waals surface area (Å²) in [4.78, 5) is 24.0. The summed E-state index contributed by atoms with van der Waals surface area (Å²) in [6.07, 6.45) is 0.663. The van der Waals surface area contributed by atoms with Gasteiger partial charge in [-0.25, -0.2) is 0 Å². The first kappa shape index (κ1) is 15.2. The van der Waals surface area contributed by atoms with Crippen LogP contribution in [-0.4, -0.2) is 35.5 Å². The SMILES string of the molecule is Cc1ccc(CC(C)C(=O)N(C)CCC(=O)O)cc1.